The SMILES string of the molecule is C1=Cc2ccccc2C1.O=C(O)C(O)C(O)C(=O)O.c1ccccc1. The zero-order chi connectivity index (χ0) is 18.7. The van der Waals surface area contributed by atoms with Crippen molar-refractivity contribution in [3.05, 3.63) is 77.9 Å². The molecule has 132 valence electrons. The number of allylic oxidation sites excluding steroid dienone is 1. The number of hydrogen-bond acceptors (Lipinski definition) is 4. The number of carbonyl (C=O) groups is 2. The van der Waals surface area contributed by atoms with E-state index < -0.39 is 24.1 Å². The van der Waals surface area contributed by atoms with Crippen molar-refractivity contribution in [2.75, 3.05) is 0 Å². The molecule has 0 saturated heterocycles. The molecule has 2 aromatic rings. The van der Waals surface area contributed by atoms with Gasteiger partial charge in [-0.25, -0.2) is 9.59 Å². The van der Waals surface area contributed by atoms with Crippen LogP contribution in [0.3, 0.4) is 0 Å². The van der Waals surface area contributed by atoms with Gasteiger partial charge in [-0.2, -0.15) is 0 Å². The van der Waals surface area contributed by atoms with Crippen LogP contribution in [0.5, 0.6) is 0 Å². The van der Waals surface area contributed by atoms with E-state index in [-0.39, 0.29) is 0 Å². The number of carboxylic acid groups (broad SMARTS) is 2. The second-order valence-corrected chi connectivity index (χ2v) is 5.03. The Bertz CT molecular complexity index is 651. The largest absolute Gasteiger partial charge is 0.479 e. The molecule has 0 amide bonds. The minimum atomic E-state index is -2.27. The third-order valence-corrected chi connectivity index (χ3v) is 3.16. The van der Waals surface area contributed by atoms with E-state index in [2.05, 4.69) is 36.4 Å². The van der Waals surface area contributed by atoms with Crippen molar-refractivity contribution >= 4 is 18.0 Å². The smallest absolute Gasteiger partial charge is 0.335 e. The highest BCUT2D eigenvalue weighted by molar-refractivity contribution is 5.83. The van der Waals surface area contributed by atoms with Crippen molar-refractivity contribution in [1.82, 2.24) is 0 Å². The molecule has 0 spiro atoms. The molecule has 25 heavy (non-hydrogen) atoms. The summed E-state index contributed by atoms with van der Waals surface area (Å²) < 4.78 is 0. The van der Waals surface area contributed by atoms with E-state index in [0.717, 1.165) is 6.42 Å². The summed E-state index contributed by atoms with van der Waals surface area (Å²) in [6, 6.07) is 20.5. The summed E-state index contributed by atoms with van der Waals surface area (Å²) in [6.07, 6.45) is 0.964. The van der Waals surface area contributed by atoms with Crippen LogP contribution in [0, 0.1) is 0 Å². The number of aliphatic carboxylic acids is 2. The van der Waals surface area contributed by atoms with Gasteiger partial charge in [0.25, 0.3) is 0 Å². The highest BCUT2D eigenvalue weighted by atomic mass is 16.4. The van der Waals surface area contributed by atoms with Crippen molar-refractivity contribution in [2.24, 2.45) is 0 Å². The zero-order valence-corrected chi connectivity index (χ0v) is 13.4. The molecule has 6 heteroatoms. The number of carboxylic acids is 2. The molecule has 0 fully saturated rings. The minimum Gasteiger partial charge on any atom is -0.479 e. The molecule has 0 bridgehead atoms. The predicted octanol–water partition coefficient (Wildman–Crippen LogP) is 1.82. The monoisotopic (exact) mass is 344 g/mol. The lowest BCUT2D eigenvalue weighted by Gasteiger charge is -2.07. The zero-order valence-electron chi connectivity index (χ0n) is 13.4. The summed E-state index contributed by atoms with van der Waals surface area (Å²) in [5.74, 6) is -3.54. The standard InChI is InChI=1S/C9H8.C6H6.C4H6O6/c1-2-5-9-7-3-6-8(9)4-1;1-2-4-6-5-3-1;5-1(3(7)8)2(6)4(9)10/h1-6H,7H2;1-6H;1-2,5-6H,(H,7,8)(H,9,10). The molecular weight excluding hydrogens is 324 g/mol. The fourth-order valence-electron chi connectivity index (χ4n) is 1.85. The lowest BCUT2D eigenvalue weighted by Crippen LogP contribution is -2.39. The van der Waals surface area contributed by atoms with E-state index in [4.69, 9.17) is 20.4 Å². The Morgan fingerprint density at radius 2 is 1.20 bits per heavy atom. The first-order chi connectivity index (χ1) is 11.9. The van der Waals surface area contributed by atoms with Crippen LogP contribution in [0.2, 0.25) is 0 Å². The van der Waals surface area contributed by atoms with Gasteiger partial charge in [0.15, 0.2) is 12.2 Å². The van der Waals surface area contributed by atoms with Gasteiger partial charge in [0.05, 0.1) is 0 Å². The third-order valence-electron chi connectivity index (χ3n) is 3.16. The first-order valence-electron chi connectivity index (χ1n) is 7.49. The first kappa shape index (κ1) is 20.1. The van der Waals surface area contributed by atoms with E-state index in [0.29, 0.717) is 0 Å². The molecule has 2 aromatic carbocycles. The van der Waals surface area contributed by atoms with Crippen molar-refractivity contribution in [3.8, 4) is 0 Å². The van der Waals surface area contributed by atoms with Crippen molar-refractivity contribution in [1.29, 1.82) is 0 Å². The highest BCUT2D eigenvalue weighted by Gasteiger charge is 2.29. The molecule has 4 N–H and O–H groups in total. The summed E-state index contributed by atoms with van der Waals surface area (Å²) in [5.41, 5.74) is 2.84. The highest BCUT2D eigenvalue weighted by Crippen LogP contribution is 2.17. The number of aliphatic hydroxyl groups is 2. The molecule has 0 saturated carbocycles. The third kappa shape index (κ3) is 7.43. The number of aliphatic hydroxyl groups excluding tert-OH is 2. The Labute approximate surface area is 145 Å². The Morgan fingerprint density at radius 3 is 1.60 bits per heavy atom. The van der Waals surface area contributed by atoms with Crippen LogP contribution in [0.4, 0.5) is 0 Å². The van der Waals surface area contributed by atoms with Crippen LogP contribution in [0.15, 0.2) is 66.7 Å². The van der Waals surface area contributed by atoms with E-state index >= 15 is 0 Å². The molecule has 0 heterocycles. The molecular formula is C19H20O6. The van der Waals surface area contributed by atoms with Crippen molar-refractivity contribution < 1.29 is 30.0 Å². The van der Waals surface area contributed by atoms with Gasteiger partial charge in [0, 0.05) is 0 Å². The van der Waals surface area contributed by atoms with Gasteiger partial charge in [-0.3, -0.25) is 0 Å². The average Bonchev–Trinajstić information content (AvgIpc) is 3.11. The number of benzene rings is 2. The van der Waals surface area contributed by atoms with E-state index in [1.165, 1.54) is 11.1 Å². The van der Waals surface area contributed by atoms with Gasteiger partial charge < -0.3 is 20.4 Å². The number of rotatable bonds is 3. The Kier molecular flexibility index (Phi) is 8.63. The second-order valence-electron chi connectivity index (χ2n) is 5.03. The van der Waals surface area contributed by atoms with Crippen molar-refractivity contribution in [2.45, 2.75) is 18.6 Å². The molecule has 1 aliphatic rings. The van der Waals surface area contributed by atoms with E-state index in [1.807, 2.05) is 36.4 Å². The summed E-state index contributed by atoms with van der Waals surface area (Å²) >= 11 is 0. The van der Waals surface area contributed by atoms with Crippen LogP contribution in [-0.2, 0) is 16.0 Å². The normalized spacial score (nSPS) is 13.2. The lowest BCUT2D eigenvalue weighted by molar-refractivity contribution is -0.165. The lowest BCUT2D eigenvalue weighted by atomic mass is 10.1. The molecule has 2 atom stereocenters. The molecule has 3 rings (SSSR count). The van der Waals surface area contributed by atoms with Gasteiger partial charge in [-0.15, -0.1) is 0 Å². The van der Waals surface area contributed by atoms with Gasteiger partial charge in [0.2, 0.25) is 0 Å². The molecule has 1 aliphatic carbocycles. The quantitative estimate of drug-likeness (QED) is 0.675. The fraction of sp³-hybridized carbons (Fsp3) is 0.158. The van der Waals surface area contributed by atoms with Crippen LogP contribution < -0.4 is 0 Å². The second kappa shape index (κ2) is 10.7. The topological polar surface area (TPSA) is 115 Å². The van der Waals surface area contributed by atoms with E-state index in [9.17, 15) is 9.59 Å². The van der Waals surface area contributed by atoms with Crippen molar-refractivity contribution in [3.63, 3.8) is 0 Å². The van der Waals surface area contributed by atoms with Gasteiger partial charge in [-0.1, -0.05) is 72.8 Å². The van der Waals surface area contributed by atoms with Crippen LogP contribution in [0.1, 0.15) is 11.1 Å². The maximum Gasteiger partial charge on any atom is 0.335 e. The van der Waals surface area contributed by atoms with Crippen LogP contribution >= 0.6 is 0 Å². The number of fused-ring (bicyclic) bond motifs is 1. The first-order valence-corrected chi connectivity index (χ1v) is 7.49. The fourth-order valence-corrected chi connectivity index (χ4v) is 1.85. The van der Waals surface area contributed by atoms with Gasteiger partial charge in [0.1, 0.15) is 0 Å². The minimum absolute atomic E-state index is 1.12. The average molecular weight is 344 g/mol. The molecule has 0 aliphatic heterocycles. The molecule has 2 unspecified atom stereocenters. The summed E-state index contributed by atoms with van der Waals surface area (Å²) in [6.45, 7) is 0. The Balaban J connectivity index is 0.000000193. The van der Waals surface area contributed by atoms with Crippen LogP contribution in [0.25, 0.3) is 6.08 Å². The molecule has 0 radical (unpaired) electrons. The van der Waals surface area contributed by atoms with Gasteiger partial charge in [-0.05, 0) is 17.5 Å². The summed E-state index contributed by atoms with van der Waals surface area (Å²) in [5, 5.41) is 32.5. The Hall–Kier alpha value is -2.96. The molecule has 0 aromatic heterocycles. The predicted molar refractivity (Wildman–Crippen MR) is 92.9 cm³/mol. The van der Waals surface area contributed by atoms with Gasteiger partial charge >= 0.3 is 11.9 Å². The summed E-state index contributed by atoms with van der Waals surface area (Å²) in [7, 11) is 0. The molecule has 6 nitrogen and oxygen atoms in total. The van der Waals surface area contributed by atoms with Crippen LogP contribution in [-0.4, -0.2) is 44.6 Å². The van der Waals surface area contributed by atoms with E-state index in [1.54, 1.807) is 0 Å². The maximum atomic E-state index is 9.77. The maximum absolute atomic E-state index is 9.77. The Morgan fingerprint density at radius 1 is 0.760 bits per heavy atom. The number of hydrogen-bond donors (Lipinski definition) is 4. The summed E-state index contributed by atoms with van der Waals surface area (Å²) in [4.78, 5) is 19.5.